The lowest BCUT2D eigenvalue weighted by atomic mass is 9.98. The lowest BCUT2D eigenvalue weighted by Crippen LogP contribution is -2.11. The zero-order valence-corrected chi connectivity index (χ0v) is 9.36. The highest BCUT2D eigenvalue weighted by molar-refractivity contribution is 6.04. The second-order valence-corrected chi connectivity index (χ2v) is 4.11. The number of nitrogens with one attached hydrogen (secondary N) is 2. The van der Waals surface area contributed by atoms with Crippen LogP contribution < -0.4 is 11.1 Å². The molecule has 1 aliphatic heterocycles. The summed E-state index contributed by atoms with van der Waals surface area (Å²) in [5.41, 5.74) is 8.67. The molecule has 0 saturated heterocycles. The van der Waals surface area contributed by atoms with Crippen molar-refractivity contribution in [3.63, 3.8) is 0 Å². The molecule has 2 aromatic rings. The number of anilines is 1. The zero-order valence-electron chi connectivity index (χ0n) is 9.36. The molecule has 1 aromatic carbocycles. The van der Waals surface area contributed by atoms with E-state index in [1.54, 1.807) is 24.4 Å². The van der Waals surface area contributed by atoms with Gasteiger partial charge in [-0.05, 0) is 23.8 Å². The number of primary amides is 1. The van der Waals surface area contributed by atoms with Gasteiger partial charge in [-0.25, -0.2) is 0 Å². The van der Waals surface area contributed by atoms with E-state index in [4.69, 9.17) is 5.73 Å². The van der Waals surface area contributed by atoms with Gasteiger partial charge in [0.15, 0.2) is 0 Å². The van der Waals surface area contributed by atoms with Crippen LogP contribution in [0, 0.1) is 0 Å². The van der Waals surface area contributed by atoms with E-state index < -0.39 is 5.91 Å². The molecule has 0 radical (unpaired) electrons. The Morgan fingerprint density at radius 2 is 2.22 bits per heavy atom. The molecule has 0 aliphatic carbocycles. The molecule has 0 bridgehead atoms. The maximum atomic E-state index is 11.4. The molecule has 0 saturated carbocycles. The van der Waals surface area contributed by atoms with Crippen molar-refractivity contribution in [2.75, 3.05) is 5.32 Å². The summed E-state index contributed by atoms with van der Waals surface area (Å²) in [5.74, 6) is -0.618. The molecule has 1 aliphatic rings. The SMILES string of the molecule is NC(=O)c1cc2c(c(-c3ccn[nH]3)c1)CC(=O)N2. The van der Waals surface area contributed by atoms with Crippen LogP contribution in [0.5, 0.6) is 0 Å². The fourth-order valence-electron chi connectivity index (χ4n) is 2.12. The Balaban J connectivity index is 2.24. The Kier molecular flexibility index (Phi) is 2.16. The molecule has 3 rings (SSSR count). The van der Waals surface area contributed by atoms with Crippen molar-refractivity contribution >= 4 is 17.5 Å². The number of fused-ring (bicyclic) bond motifs is 1. The van der Waals surface area contributed by atoms with Crippen molar-refractivity contribution < 1.29 is 9.59 Å². The van der Waals surface area contributed by atoms with Gasteiger partial charge in [0.1, 0.15) is 0 Å². The predicted molar refractivity (Wildman–Crippen MR) is 64.9 cm³/mol. The summed E-state index contributed by atoms with van der Waals surface area (Å²) in [4.78, 5) is 22.7. The van der Waals surface area contributed by atoms with Gasteiger partial charge in [-0.2, -0.15) is 5.10 Å². The predicted octanol–water partition coefficient (Wildman–Crippen LogP) is 0.670. The number of carbonyl (C=O) groups excluding carboxylic acids is 2. The van der Waals surface area contributed by atoms with E-state index in [0.29, 0.717) is 17.7 Å². The number of aromatic nitrogens is 2. The second kappa shape index (κ2) is 3.69. The lowest BCUT2D eigenvalue weighted by Gasteiger charge is -2.07. The lowest BCUT2D eigenvalue weighted by molar-refractivity contribution is -0.115. The first kappa shape index (κ1) is 10.5. The number of carbonyl (C=O) groups is 2. The van der Waals surface area contributed by atoms with Crippen LogP contribution in [-0.4, -0.2) is 22.0 Å². The van der Waals surface area contributed by atoms with Crippen LogP contribution in [0.25, 0.3) is 11.3 Å². The van der Waals surface area contributed by atoms with E-state index in [1.807, 2.05) is 0 Å². The highest BCUT2D eigenvalue weighted by atomic mass is 16.2. The van der Waals surface area contributed by atoms with E-state index in [2.05, 4.69) is 15.5 Å². The normalized spacial score (nSPS) is 13.2. The standard InChI is InChI=1S/C12H10N4O2/c13-12(18)6-3-7(9-1-2-14-16-9)8-5-11(17)15-10(8)4-6/h1-4H,5H2,(H2,13,18)(H,14,16)(H,15,17). The molecule has 0 unspecified atom stereocenters. The summed E-state index contributed by atoms with van der Waals surface area (Å²) in [7, 11) is 0. The largest absolute Gasteiger partial charge is 0.366 e. The number of aromatic amines is 1. The smallest absolute Gasteiger partial charge is 0.248 e. The fraction of sp³-hybridized carbons (Fsp3) is 0.0833. The average molecular weight is 242 g/mol. The quantitative estimate of drug-likeness (QED) is 0.721. The van der Waals surface area contributed by atoms with E-state index in [0.717, 1.165) is 16.8 Å². The minimum Gasteiger partial charge on any atom is -0.366 e. The maximum absolute atomic E-state index is 11.4. The molecule has 18 heavy (non-hydrogen) atoms. The minimum absolute atomic E-state index is 0.0904. The number of hydrogen-bond donors (Lipinski definition) is 3. The Morgan fingerprint density at radius 3 is 2.89 bits per heavy atom. The van der Waals surface area contributed by atoms with Gasteiger partial charge in [-0.3, -0.25) is 14.7 Å². The molecule has 1 aromatic heterocycles. The third kappa shape index (κ3) is 1.55. The molecule has 0 atom stereocenters. The zero-order chi connectivity index (χ0) is 12.7. The van der Waals surface area contributed by atoms with Gasteiger partial charge >= 0.3 is 0 Å². The Bertz CT molecular complexity index is 646. The van der Waals surface area contributed by atoms with Crippen LogP contribution in [0.2, 0.25) is 0 Å². The Morgan fingerprint density at radius 1 is 1.39 bits per heavy atom. The van der Waals surface area contributed by atoms with Gasteiger partial charge < -0.3 is 11.1 Å². The van der Waals surface area contributed by atoms with Crippen molar-refractivity contribution in [3.05, 3.63) is 35.5 Å². The van der Waals surface area contributed by atoms with Crippen molar-refractivity contribution in [3.8, 4) is 11.3 Å². The monoisotopic (exact) mass is 242 g/mol. The minimum atomic E-state index is -0.528. The van der Waals surface area contributed by atoms with Crippen LogP contribution in [-0.2, 0) is 11.2 Å². The van der Waals surface area contributed by atoms with Gasteiger partial charge in [0.05, 0.1) is 12.1 Å². The summed E-state index contributed by atoms with van der Waals surface area (Å²) < 4.78 is 0. The molecule has 6 nitrogen and oxygen atoms in total. The number of nitrogens with two attached hydrogens (primary N) is 1. The van der Waals surface area contributed by atoms with Crippen LogP contribution in [0.3, 0.4) is 0 Å². The summed E-state index contributed by atoms with van der Waals surface area (Å²) in [6.45, 7) is 0. The summed E-state index contributed by atoms with van der Waals surface area (Å²) in [5, 5.41) is 9.41. The average Bonchev–Trinajstić information content (AvgIpc) is 2.94. The molecule has 6 heteroatoms. The molecule has 2 heterocycles. The van der Waals surface area contributed by atoms with Gasteiger partial charge in [0, 0.05) is 23.0 Å². The molecule has 4 N–H and O–H groups in total. The number of rotatable bonds is 2. The van der Waals surface area contributed by atoms with Crippen molar-refractivity contribution in [1.82, 2.24) is 10.2 Å². The topological polar surface area (TPSA) is 101 Å². The third-order valence-corrected chi connectivity index (χ3v) is 2.94. The first-order chi connectivity index (χ1) is 8.65. The first-order valence-electron chi connectivity index (χ1n) is 5.41. The molecular formula is C12H10N4O2. The molecule has 2 amide bonds. The van der Waals surface area contributed by atoms with Crippen LogP contribution >= 0.6 is 0 Å². The molecule has 90 valence electrons. The van der Waals surface area contributed by atoms with Gasteiger partial charge in [0.25, 0.3) is 0 Å². The summed E-state index contributed by atoms with van der Waals surface area (Å²) in [6, 6.07) is 5.06. The van der Waals surface area contributed by atoms with E-state index in [9.17, 15) is 9.59 Å². The maximum Gasteiger partial charge on any atom is 0.248 e. The number of amides is 2. The van der Waals surface area contributed by atoms with E-state index in [1.165, 1.54) is 0 Å². The third-order valence-electron chi connectivity index (χ3n) is 2.94. The highest BCUT2D eigenvalue weighted by Crippen LogP contribution is 2.33. The number of H-pyrrole nitrogens is 1. The Hall–Kier alpha value is -2.63. The van der Waals surface area contributed by atoms with E-state index >= 15 is 0 Å². The van der Waals surface area contributed by atoms with Crippen molar-refractivity contribution in [1.29, 1.82) is 0 Å². The van der Waals surface area contributed by atoms with Crippen LogP contribution in [0.4, 0.5) is 5.69 Å². The van der Waals surface area contributed by atoms with Gasteiger partial charge in [0.2, 0.25) is 11.8 Å². The first-order valence-corrected chi connectivity index (χ1v) is 5.41. The second-order valence-electron chi connectivity index (χ2n) is 4.11. The van der Waals surface area contributed by atoms with Crippen LogP contribution in [0.1, 0.15) is 15.9 Å². The van der Waals surface area contributed by atoms with Crippen LogP contribution in [0.15, 0.2) is 24.4 Å². The van der Waals surface area contributed by atoms with E-state index in [-0.39, 0.29) is 5.91 Å². The molecule has 0 fully saturated rings. The van der Waals surface area contributed by atoms with Crippen molar-refractivity contribution in [2.24, 2.45) is 5.73 Å². The Labute approximate surface area is 102 Å². The summed E-state index contributed by atoms with van der Waals surface area (Å²) in [6.07, 6.45) is 1.91. The van der Waals surface area contributed by atoms with Gasteiger partial charge in [-0.1, -0.05) is 0 Å². The number of benzene rings is 1. The fourth-order valence-corrected chi connectivity index (χ4v) is 2.12. The molecule has 0 spiro atoms. The van der Waals surface area contributed by atoms with Crippen molar-refractivity contribution in [2.45, 2.75) is 6.42 Å². The van der Waals surface area contributed by atoms with Gasteiger partial charge in [-0.15, -0.1) is 0 Å². The summed E-state index contributed by atoms with van der Waals surface area (Å²) >= 11 is 0. The highest BCUT2D eigenvalue weighted by Gasteiger charge is 2.23. The number of nitrogens with zero attached hydrogens (tertiary/aromatic N) is 1. The number of hydrogen-bond acceptors (Lipinski definition) is 3. The molecular weight excluding hydrogens is 232 g/mol.